The number of cyclic esters (lactones) is 1. The fraction of sp³-hybridized carbons (Fsp3) is 0.625. The first-order valence-electron chi connectivity index (χ1n) is 14.4. The summed E-state index contributed by atoms with van der Waals surface area (Å²) in [5.74, 6) is -6.22. The van der Waals surface area contributed by atoms with Gasteiger partial charge < -0.3 is 28.8 Å². The summed E-state index contributed by atoms with van der Waals surface area (Å²) in [6, 6.07) is 1.75. The third-order valence-electron chi connectivity index (χ3n) is 10.9. The molecular weight excluding hydrogens is 544 g/mol. The predicted molar refractivity (Wildman–Crippen MR) is 147 cm³/mol. The van der Waals surface area contributed by atoms with E-state index in [1.807, 2.05) is 6.92 Å². The van der Waals surface area contributed by atoms with Gasteiger partial charge in [0, 0.05) is 22.3 Å². The third-order valence-corrected chi connectivity index (χ3v) is 10.9. The second-order valence-electron chi connectivity index (χ2n) is 13.4. The van der Waals surface area contributed by atoms with Gasteiger partial charge in [0.2, 0.25) is 0 Å². The number of methoxy groups -OCH3 is 1. The van der Waals surface area contributed by atoms with Crippen molar-refractivity contribution in [2.45, 2.75) is 78.6 Å². The molecule has 1 aromatic heterocycles. The van der Waals surface area contributed by atoms with Crippen LogP contribution in [-0.4, -0.2) is 52.7 Å². The molecule has 2 saturated carbocycles. The summed E-state index contributed by atoms with van der Waals surface area (Å²) >= 11 is 0. The Balaban J connectivity index is 1.75. The van der Waals surface area contributed by atoms with Crippen LogP contribution >= 0.6 is 0 Å². The van der Waals surface area contributed by atoms with Gasteiger partial charge in [-0.3, -0.25) is 14.4 Å². The molecule has 10 nitrogen and oxygen atoms in total. The third kappa shape index (κ3) is 3.97. The molecule has 10 heteroatoms. The van der Waals surface area contributed by atoms with Crippen LogP contribution in [-0.2, 0) is 33.4 Å². The van der Waals surface area contributed by atoms with Crippen LogP contribution in [0.5, 0.6) is 0 Å². The maximum absolute atomic E-state index is 14.6. The Labute approximate surface area is 245 Å². The Kier molecular flexibility index (Phi) is 7.13. The van der Waals surface area contributed by atoms with Crippen molar-refractivity contribution in [1.29, 1.82) is 0 Å². The highest BCUT2D eigenvalue weighted by Crippen LogP contribution is 2.69. The van der Waals surface area contributed by atoms with E-state index >= 15 is 0 Å². The maximum Gasteiger partial charge on any atom is 0.335 e. The highest BCUT2D eigenvalue weighted by molar-refractivity contribution is 6.02. The fourth-order valence-electron chi connectivity index (χ4n) is 9.04. The molecule has 0 amide bonds. The number of carbonyl (C=O) groups excluding carboxylic acids is 4. The first-order valence-corrected chi connectivity index (χ1v) is 14.4. The molecule has 0 radical (unpaired) electrons. The summed E-state index contributed by atoms with van der Waals surface area (Å²) in [6.07, 6.45) is 4.73. The lowest BCUT2D eigenvalue weighted by Crippen LogP contribution is -2.74. The van der Waals surface area contributed by atoms with Crippen molar-refractivity contribution in [2.75, 3.05) is 7.11 Å². The van der Waals surface area contributed by atoms with Crippen LogP contribution in [0.2, 0.25) is 0 Å². The molecular formula is C32H40O10. The SMILES string of the molecule is CC=C(C)OC(=O)C1C2(O)C=C3C4CC(=O)OC(c5ccoc5)C4(C)CCC3C(C)(C2=O)C(C(O)C(=O)OC)C1(C)C. The quantitative estimate of drug-likeness (QED) is 0.226. The van der Waals surface area contributed by atoms with Crippen LogP contribution < -0.4 is 0 Å². The topological polar surface area (TPSA) is 150 Å². The number of ketones is 1. The Morgan fingerprint density at radius 3 is 2.45 bits per heavy atom. The second-order valence-corrected chi connectivity index (χ2v) is 13.4. The van der Waals surface area contributed by atoms with E-state index in [4.69, 9.17) is 18.6 Å². The first kappa shape index (κ1) is 30.2. The van der Waals surface area contributed by atoms with Gasteiger partial charge in [0.1, 0.15) is 17.8 Å². The molecule has 9 unspecified atom stereocenters. The Bertz CT molecular complexity index is 1370. The zero-order chi connectivity index (χ0) is 31.0. The summed E-state index contributed by atoms with van der Waals surface area (Å²) in [6.45, 7) is 10.3. The fourth-order valence-corrected chi connectivity index (χ4v) is 9.04. The second kappa shape index (κ2) is 9.91. The van der Waals surface area contributed by atoms with Crippen LogP contribution in [0, 0.1) is 39.9 Å². The minimum absolute atomic E-state index is 0.00788. The van der Waals surface area contributed by atoms with E-state index in [1.54, 1.807) is 53.0 Å². The van der Waals surface area contributed by atoms with Crippen LogP contribution in [0.25, 0.3) is 0 Å². The Hall–Kier alpha value is -3.24. The number of Topliss-reactive ketones (excluding diaryl/α,β-unsaturated/α-hetero) is 1. The van der Waals surface area contributed by atoms with Gasteiger partial charge >= 0.3 is 17.9 Å². The monoisotopic (exact) mass is 584 g/mol. The molecule has 3 aliphatic carbocycles. The average Bonchev–Trinajstić information content (AvgIpc) is 3.45. The molecule has 9 atom stereocenters. The zero-order valence-electron chi connectivity index (χ0n) is 25.1. The van der Waals surface area contributed by atoms with Crippen LogP contribution in [0.4, 0.5) is 0 Å². The molecule has 1 aromatic rings. The summed E-state index contributed by atoms with van der Waals surface area (Å²) in [5, 5.41) is 23.9. The Morgan fingerprint density at radius 1 is 1.17 bits per heavy atom. The molecule has 42 heavy (non-hydrogen) atoms. The van der Waals surface area contributed by atoms with E-state index in [0.29, 0.717) is 24.0 Å². The molecule has 4 aliphatic rings. The first-order chi connectivity index (χ1) is 19.6. The van der Waals surface area contributed by atoms with E-state index in [1.165, 1.54) is 12.3 Å². The lowest BCUT2D eigenvalue weighted by Gasteiger charge is -2.66. The summed E-state index contributed by atoms with van der Waals surface area (Å²) in [7, 11) is 1.14. The minimum atomic E-state index is -2.33. The molecule has 1 aliphatic heterocycles. The molecule has 2 heterocycles. The average molecular weight is 585 g/mol. The summed E-state index contributed by atoms with van der Waals surface area (Å²) in [5.41, 5.74) is -4.40. The predicted octanol–water partition coefficient (Wildman–Crippen LogP) is 3.82. The maximum atomic E-state index is 14.6. The number of esters is 3. The van der Waals surface area contributed by atoms with Crippen LogP contribution in [0.15, 0.2) is 46.5 Å². The molecule has 3 fully saturated rings. The van der Waals surface area contributed by atoms with Crippen molar-refractivity contribution in [3.63, 3.8) is 0 Å². The summed E-state index contributed by atoms with van der Waals surface area (Å²) < 4.78 is 21.7. The van der Waals surface area contributed by atoms with Gasteiger partial charge in [-0.2, -0.15) is 0 Å². The van der Waals surface area contributed by atoms with Crippen molar-refractivity contribution in [3.8, 4) is 0 Å². The summed E-state index contributed by atoms with van der Waals surface area (Å²) in [4.78, 5) is 54.3. The Morgan fingerprint density at radius 2 is 1.86 bits per heavy atom. The van der Waals surface area contributed by atoms with Crippen molar-refractivity contribution in [1.82, 2.24) is 0 Å². The van der Waals surface area contributed by atoms with Gasteiger partial charge in [0.15, 0.2) is 17.5 Å². The molecule has 0 spiro atoms. The van der Waals surface area contributed by atoms with Crippen LogP contribution in [0.1, 0.15) is 72.5 Å². The lowest BCUT2D eigenvalue weighted by molar-refractivity contribution is -0.220. The van der Waals surface area contributed by atoms with Gasteiger partial charge in [-0.15, -0.1) is 0 Å². The van der Waals surface area contributed by atoms with Crippen molar-refractivity contribution < 1.29 is 48.0 Å². The molecule has 2 N–H and O–H groups in total. The number of ether oxygens (including phenoxy) is 3. The van der Waals surface area contributed by atoms with Crippen LogP contribution in [0.3, 0.4) is 0 Å². The number of hydrogen-bond donors (Lipinski definition) is 2. The van der Waals surface area contributed by atoms with E-state index in [-0.39, 0.29) is 12.2 Å². The van der Waals surface area contributed by atoms with Gasteiger partial charge in [0.05, 0.1) is 26.1 Å². The molecule has 228 valence electrons. The van der Waals surface area contributed by atoms with Crippen molar-refractivity contribution in [3.05, 3.63) is 47.6 Å². The van der Waals surface area contributed by atoms with Gasteiger partial charge in [0.25, 0.3) is 0 Å². The standard InChI is InChI=1S/C32H40O10/c1-8-16(2)41-27(36)24-29(3,4)23(22(34)26(35)39-7)31(6)19-9-11-30(5)20(18(19)14-32(24,38)28(31)37)13-21(33)42-25(30)17-10-12-40-15-17/h8,10,12,14-15,19-20,22-25,34,38H,9,11,13H2,1-7H3. The molecule has 0 aromatic carbocycles. The number of aliphatic hydroxyl groups is 2. The van der Waals surface area contributed by atoms with E-state index < -0.39 is 81.4 Å². The number of fused-ring (bicyclic) bond motifs is 6. The molecule has 1 saturated heterocycles. The van der Waals surface area contributed by atoms with Gasteiger partial charge in [-0.05, 0) is 62.2 Å². The normalized spacial score (nSPS) is 39.7. The number of rotatable bonds is 5. The zero-order valence-corrected chi connectivity index (χ0v) is 25.1. The molecule has 5 rings (SSSR count). The van der Waals surface area contributed by atoms with Gasteiger partial charge in [-0.25, -0.2) is 4.79 Å². The largest absolute Gasteiger partial charge is 0.472 e. The number of hydrogen-bond acceptors (Lipinski definition) is 10. The van der Waals surface area contributed by atoms with E-state index in [9.17, 15) is 29.4 Å². The van der Waals surface area contributed by atoms with Gasteiger partial charge in [-0.1, -0.05) is 33.3 Å². The number of aliphatic hydroxyl groups excluding tert-OH is 1. The van der Waals surface area contributed by atoms with Crippen molar-refractivity contribution in [2.24, 2.45) is 39.9 Å². The van der Waals surface area contributed by atoms with E-state index in [0.717, 1.165) is 7.11 Å². The van der Waals surface area contributed by atoms with Crippen molar-refractivity contribution >= 4 is 23.7 Å². The minimum Gasteiger partial charge on any atom is -0.472 e. The smallest absolute Gasteiger partial charge is 0.335 e. The number of furan rings is 1. The van der Waals surface area contributed by atoms with E-state index in [2.05, 4.69) is 0 Å². The highest BCUT2D eigenvalue weighted by atomic mass is 16.6. The highest BCUT2D eigenvalue weighted by Gasteiger charge is 2.75. The lowest BCUT2D eigenvalue weighted by atomic mass is 9.37. The number of carbonyl (C=O) groups is 4. The number of allylic oxidation sites excluding steroid dienone is 3. The molecule has 2 bridgehead atoms.